The average molecular weight is 297 g/mol. The third-order valence-corrected chi connectivity index (χ3v) is 4.08. The van der Waals surface area contributed by atoms with E-state index < -0.39 is 0 Å². The summed E-state index contributed by atoms with van der Waals surface area (Å²) in [6, 6.07) is 10.1. The number of nitrogens with two attached hydrogens (primary N) is 2. The second kappa shape index (κ2) is 6.82. The van der Waals surface area contributed by atoms with E-state index in [0.717, 1.165) is 33.8 Å². The average Bonchev–Trinajstić information content (AvgIpc) is 3.31. The lowest BCUT2D eigenvalue weighted by Gasteiger charge is -2.22. The molecule has 0 radical (unpaired) electrons. The summed E-state index contributed by atoms with van der Waals surface area (Å²) in [6.45, 7) is 6.27. The molecular formula is C19H27N3. The summed E-state index contributed by atoms with van der Waals surface area (Å²) >= 11 is 0. The number of benzene rings is 1. The van der Waals surface area contributed by atoms with Gasteiger partial charge in [0.05, 0.1) is 0 Å². The van der Waals surface area contributed by atoms with E-state index in [0.29, 0.717) is 5.92 Å². The molecule has 1 saturated carbocycles. The Kier molecular flexibility index (Phi) is 5.07. The predicted octanol–water partition coefficient (Wildman–Crippen LogP) is 3.73. The van der Waals surface area contributed by atoms with Crippen molar-refractivity contribution in [3.8, 4) is 0 Å². The van der Waals surface area contributed by atoms with E-state index in [9.17, 15) is 0 Å². The molecule has 0 atom stereocenters. The third-order valence-electron chi connectivity index (χ3n) is 4.08. The molecule has 4 N–H and O–H groups in total. The van der Waals surface area contributed by atoms with E-state index >= 15 is 0 Å². The first-order valence-corrected chi connectivity index (χ1v) is 7.96. The van der Waals surface area contributed by atoms with Crippen molar-refractivity contribution in [3.63, 3.8) is 0 Å². The van der Waals surface area contributed by atoms with E-state index in [1.807, 2.05) is 44.3 Å². The van der Waals surface area contributed by atoms with Gasteiger partial charge in [0, 0.05) is 35.6 Å². The van der Waals surface area contributed by atoms with Gasteiger partial charge < -0.3 is 11.5 Å². The molecule has 0 spiro atoms. The maximum absolute atomic E-state index is 6.53. The van der Waals surface area contributed by atoms with Gasteiger partial charge in [-0.15, -0.1) is 0 Å². The van der Waals surface area contributed by atoms with Crippen LogP contribution in [0, 0.1) is 11.8 Å². The number of allylic oxidation sites excluding steroid dienone is 3. The Labute approximate surface area is 133 Å². The van der Waals surface area contributed by atoms with Crippen LogP contribution in [0.3, 0.4) is 0 Å². The molecule has 0 unspecified atom stereocenters. The molecule has 0 aromatic heterocycles. The van der Waals surface area contributed by atoms with Crippen molar-refractivity contribution in [2.24, 2.45) is 28.3 Å². The van der Waals surface area contributed by atoms with Crippen LogP contribution in [-0.2, 0) is 0 Å². The Balaban J connectivity index is 2.61. The first-order chi connectivity index (χ1) is 10.5. The van der Waals surface area contributed by atoms with E-state index in [1.54, 1.807) is 0 Å². The van der Waals surface area contributed by atoms with E-state index in [4.69, 9.17) is 11.5 Å². The molecule has 1 aliphatic rings. The van der Waals surface area contributed by atoms with Crippen molar-refractivity contribution >= 4 is 11.4 Å². The monoisotopic (exact) mass is 297 g/mol. The molecular weight excluding hydrogens is 270 g/mol. The minimum atomic E-state index is 0.282. The fourth-order valence-electron chi connectivity index (χ4n) is 2.92. The van der Waals surface area contributed by atoms with Crippen molar-refractivity contribution in [1.29, 1.82) is 0 Å². The number of hydrogen-bond acceptors (Lipinski definition) is 3. The molecule has 0 bridgehead atoms. The van der Waals surface area contributed by atoms with Crippen molar-refractivity contribution in [1.82, 2.24) is 0 Å². The lowest BCUT2D eigenvalue weighted by atomic mass is 9.86. The number of aliphatic imine (C=N–C) groups is 1. The van der Waals surface area contributed by atoms with E-state index in [-0.39, 0.29) is 5.92 Å². The lowest BCUT2D eigenvalue weighted by Crippen LogP contribution is -2.19. The van der Waals surface area contributed by atoms with Gasteiger partial charge in [-0.05, 0) is 36.8 Å². The highest BCUT2D eigenvalue weighted by atomic mass is 14.7. The lowest BCUT2D eigenvalue weighted by molar-refractivity contribution is 0.781. The summed E-state index contributed by atoms with van der Waals surface area (Å²) in [7, 11) is 1.85. The largest absolute Gasteiger partial charge is 0.402 e. The Morgan fingerprint density at radius 3 is 2.14 bits per heavy atom. The molecule has 118 valence electrons. The van der Waals surface area contributed by atoms with Crippen LogP contribution < -0.4 is 11.5 Å². The topological polar surface area (TPSA) is 64.4 Å². The van der Waals surface area contributed by atoms with Crippen LogP contribution in [0.4, 0.5) is 0 Å². The molecule has 1 aliphatic carbocycles. The van der Waals surface area contributed by atoms with Gasteiger partial charge in [-0.2, -0.15) is 0 Å². The molecule has 2 rings (SSSR count). The van der Waals surface area contributed by atoms with Crippen LogP contribution in [0.5, 0.6) is 0 Å². The van der Waals surface area contributed by atoms with E-state index in [1.165, 1.54) is 12.8 Å². The van der Waals surface area contributed by atoms with Gasteiger partial charge in [0.25, 0.3) is 0 Å². The van der Waals surface area contributed by atoms with Gasteiger partial charge in [0.15, 0.2) is 0 Å². The molecule has 3 nitrogen and oxygen atoms in total. The second-order valence-electron chi connectivity index (χ2n) is 6.29. The zero-order chi connectivity index (χ0) is 16.3. The SMILES string of the molecule is CN=C(C(/C(=C(\N)c1ccccc1)C(C)C)=C(\C)N)C1CC1. The number of hydrogen-bond donors (Lipinski definition) is 2. The maximum atomic E-state index is 6.53. The molecule has 0 heterocycles. The highest BCUT2D eigenvalue weighted by Gasteiger charge is 2.32. The maximum Gasteiger partial charge on any atom is 0.0468 e. The number of nitrogens with zero attached hydrogens (tertiary/aromatic N) is 1. The van der Waals surface area contributed by atoms with Crippen molar-refractivity contribution in [3.05, 3.63) is 52.7 Å². The fourth-order valence-corrected chi connectivity index (χ4v) is 2.92. The van der Waals surface area contributed by atoms with Crippen molar-refractivity contribution < 1.29 is 0 Å². The standard InChI is InChI=1S/C19H27N3/c1-12(2)16(18(21)14-8-6-5-7-9-14)17(13(3)20)19(22-4)15-10-11-15/h5-9,12,15H,10-11,20-21H2,1-4H3/b17-13+,18-16-,22-19?. The van der Waals surface area contributed by atoms with Crippen molar-refractivity contribution in [2.75, 3.05) is 7.05 Å². The Bertz CT molecular complexity index is 613. The van der Waals surface area contributed by atoms with Gasteiger partial charge in [-0.3, -0.25) is 4.99 Å². The molecule has 22 heavy (non-hydrogen) atoms. The van der Waals surface area contributed by atoms with Crippen LogP contribution in [0.25, 0.3) is 5.70 Å². The van der Waals surface area contributed by atoms with Gasteiger partial charge in [-0.1, -0.05) is 44.2 Å². The van der Waals surface area contributed by atoms with Gasteiger partial charge in [-0.25, -0.2) is 0 Å². The summed E-state index contributed by atoms with van der Waals surface area (Å²) in [5.41, 5.74) is 18.7. The predicted molar refractivity (Wildman–Crippen MR) is 95.4 cm³/mol. The molecule has 0 aliphatic heterocycles. The highest BCUT2D eigenvalue weighted by molar-refractivity contribution is 6.08. The quantitative estimate of drug-likeness (QED) is 0.642. The summed E-state index contributed by atoms with van der Waals surface area (Å²) < 4.78 is 0. The van der Waals surface area contributed by atoms with Crippen LogP contribution >= 0.6 is 0 Å². The summed E-state index contributed by atoms with van der Waals surface area (Å²) in [5.74, 6) is 0.819. The Morgan fingerprint density at radius 1 is 1.14 bits per heavy atom. The zero-order valence-corrected chi connectivity index (χ0v) is 14.1. The minimum absolute atomic E-state index is 0.282. The van der Waals surface area contributed by atoms with Crippen LogP contribution in [0.15, 0.2) is 52.2 Å². The zero-order valence-electron chi connectivity index (χ0n) is 14.1. The highest BCUT2D eigenvalue weighted by Crippen LogP contribution is 2.38. The van der Waals surface area contributed by atoms with E-state index in [2.05, 4.69) is 18.8 Å². The minimum Gasteiger partial charge on any atom is -0.402 e. The third kappa shape index (κ3) is 3.41. The fraction of sp³-hybridized carbons (Fsp3) is 0.421. The summed E-state index contributed by atoms with van der Waals surface area (Å²) in [6.07, 6.45) is 2.39. The summed E-state index contributed by atoms with van der Waals surface area (Å²) in [5, 5.41) is 0. The first-order valence-electron chi connectivity index (χ1n) is 7.96. The Hall–Kier alpha value is -2.03. The molecule has 3 heteroatoms. The first kappa shape index (κ1) is 16.3. The normalized spacial score (nSPS) is 18.1. The van der Waals surface area contributed by atoms with Gasteiger partial charge in [0.1, 0.15) is 0 Å². The molecule has 0 amide bonds. The molecule has 1 aromatic carbocycles. The number of rotatable bonds is 5. The van der Waals surface area contributed by atoms with Crippen molar-refractivity contribution in [2.45, 2.75) is 33.6 Å². The van der Waals surface area contributed by atoms with Crippen LogP contribution in [0.1, 0.15) is 39.2 Å². The summed E-state index contributed by atoms with van der Waals surface area (Å²) in [4.78, 5) is 4.54. The van der Waals surface area contributed by atoms with Crippen LogP contribution in [0.2, 0.25) is 0 Å². The molecule has 1 aromatic rings. The smallest absolute Gasteiger partial charge is 0.0468 e. The Morgan fingerprint density at radius 2 is 1.73 bits per heavy atom. The molecule has 1 fully saturated rings. The van der Waals surface area contributed by atoms with Gasteiger partial charge >= 0.3 is 0 Å². The van der Waals surface area contributed by atoms with Crippen LogP contribution in [-0.4, -0.2) is 12.8 Å². The van der Waals surface area contributed by atoms with Gasteiger partial charge in [0.2, 0.25) is 0 Å². The molecule has 0 saturated heterocycles. The second-order valence-corrected chi connectivity index (χ2v) is 6.29.